The Morgan fingerprint density at radius 2 is 2.09 bits per heavy atom. The van der Waals surface area contributed by atoms with Gasteiger partial charge in [-0.3, -0.25) is 4.79 Å². The molecule has 0 saturated carbocycles. The first-order chi connectivity index (χ1) is 11.2. The second kappa shape index (κ2) is 6.57. The fourth-order valence-electron chi connectivity index (χ4n) is 2.90. The van der Waals surface area contributed by atoms with E-state index in [-0.39, 0.29) is 17.9 Å². The van der Waals surface area contributed by atoms with Crippen LogP contribution in [0.4, 0.5) is 0 Å². The van der Waals surface area contributed by atoms with E-state index in [4.69, 9.17) is 9.15 Å². The fourth-order valence-corrected chi connectivity index (χ4v) is 2.90. The van der Waals surface area contributed by atoms with Crippen LogP contribution in [0.25, 0.3) is 0 Å². The minimum atomic E-state index is -0.170. The normalized spacial score (nSPS) is 20.6. The molecular formula is C19H19NO3. The van der Waals surface area contributed by atoms with Crippen molar-refractivity contribution in [2.75, 3.05) is 7.11 Å². The number of carbonyl (C=O) groups excluding carboxylic acids is 1. The number of amides is 1. The molecule has 118 valence electrons. The molecule has 3 rings (SSSR count). The number of ether oxygens (including phenoxy) is 1. The Labute approximate surface area is 135 Å². The van der Waals surface area contributed by atoms with Crippen LogP contribution in [-0.2, 0) is 11.3 Å². The molecule has 1 fully saturated rings. The van der Waals surface area contributed by atoms with E-state index in [0.29, 0.717) is 6.54 Å². The van der Waals surface area contributed by atoms with Crippen LogP contribution in [0.15, 0.2) is 71.9 Å². The van der Waals surface area contributed by atoms with E-state index in [9.17, 15) is 4.79 Å². The Morgan fingerprint density at radius 1 is 1.30 bits per heavy atom. The van der Waals surface area contributed by atoms with Gasteiger partial charge in [0.15, 0.2) is 0 Å². The lowest BCUT2D eigenvalue weighted by atomic mass is 9.82. The van der Waals surface area contributed by atoms with Crippen molar-refractivity contribution >= 4 is 5.91 Å². The SMILES string of the molecule is C=C/C=C/[C@H]1C(=O)N(Cc2ccco2)[C@H]1c1ccc(OC)cc1. The lowest BCUT2D eigenvalue weighted by molar-refractivity contribution is -0.154. The van der Waals surface area contributed by atoms with E-state index in [1.807, 2.05) is 53.5 Å². The van der Waals surface area contributed by atoms with Gasteiger partial charge in [-0.1, -0.05) is 36.9 Å². The first-order valence-corrected chi connectivity index (χ1v) is 7.50. The molecule has 1 aliphatic heterocycles. The van der Waals surface area contributed by atoms with E-state index in [1.165, 1.54) is 0 Å². The van der Waals surface area contributed by atoms with Gasteiger partial charge in [-0.05, 0) is 29.8 Å². The molecule has 2 heterocycles. The van der Waals surface area contributed by atoms with Crippen molar-refractivity contribution in [3.05, 3.63) is 78.8 Å². The standard InChI is InChI=1S/C19H19NO3/c1-3-4-7-17-18(14-8-10-15(22-2)11-9-14)20(19(17)21)13-16-6-5-12-23-16/h3-12,17-18H,1,13H2,2H3/b7-4+/t17-,18+/m1/s1. The molecule has 1 amide bonds. The Balaban J connectivity index is 1.86. The average molecular weight is 309 g/mol. The molecule has 0 bridgehead atoms. The Morgan fingerprint density at radius 3 is 2.70 bits per heavy atom. The van der Waals surface area contributed by atoms with Gasteiger partial charge < -0.3 is 14.1 Å². The van der Waals surface area contributed by atoms with Crippen LogP contribution < -0.4 is 4.74 Å². The maximum absolute atomic E-state index is 12.5. The Bertz CT molecular complexity index is 701. The molecule has 0 N–H and O–H groups in total. The summed E-state index contributed by atoms with van der Waals surface area (Å²) >= 11 is 0. The summed E-state index contributed by atoms with van der Waals surface area (Å²) in [6, 6.07) is 11.5. The maximum atomic E-state index is 12.5. The van der Waals surface area contributed by atoms with Crippen LogP contribution >= 0.6 is 0 Å². The molecule has 1 aliphatic rings. The zero-order valence-corrected chi connectivity index (χ0v) is 13.0. The van der Waals surface area contributed by atoms with E-state index >= 15 is 0 Å². The highest BCUT2D eigenvalue weighted by atomic mass is 16.5. The number of benzene rings is 1. The molecule has 1 aromatic carbocycles. The molecule has 2 aromatic rings. The molecule has 0 radical (unpaired) electrons. The molecule has 0 aliphatic carbocycles. The van der Waals surface area contributed by atoms with Gasteiger partial charge in [0.1, 0.15) is 11.5 Å². The van der Waals surface area contributed by atoms with Crippen molar-refractivity contribution in [1.29, 1.82) is 0 Å². The number of nitrogens with zero attached hydrogens (tertiary/aromatic N) is 1. The molecular weight excluding hydrogens is 290 g/mol. The minimum Gasteiger partial charge on any atom is -0.497 e. The monoisotopic (exact) mass is 309 g/mol. The van der Waals surface area contributed by atoms with Crippen molar-refractivity contribution in [2.45, 2.75) is 12.6 Å². The number of allylic oxidation sites excluding steroid dienone is 2. The second-order valence-corrected chi connectivity index (χ2v) is 5.41. The lowest BCUT2D eigenvalue weighted by Gasteiger charge is -2.46. The molecule has 4 nitrogen and oxygen atoms in total. The number of furan rings is 1. The molecule has 1 aromatic heterocycles. The third-order valence-corrected chi connectivity index (χ3v) is 4.06. The van der Waals surface area contributed by atoms with E-state index in [1.54, 1.807) is 19.4 Å². The Hall–Kier alpha value is -2.75. The Kier molecular flexibility index (Phi) is 4.33. The zero-order valence-electron chi connectivity index (χ0n) is 13.0. The summed E-state index contributed by atoms with van der Waals surface area (Å²) in [4.78, 5) is 14.3. The number of β-lactam (4-membered cyclic amide) rings is 1. The van der Waals surface area contributed by atoms with Crippen molar-refractivity contribution in [3.8, 4) is 5.75 Å². The fraction of sp³-hybridized carbons (Fsp3) is 0.211. The summed E-state index contributed by atoms with van der Waals surface area (Å²) in [7, 11) is 1.64. The molecule has 23 heavy (non-hydrogen) atoms. The highest BCUT2D eigenvalue weighted by Crippen LogP contribution is 2.42. The van der Waals surface area contributed by atoms with Crippen molar-refractivity contribution in [3.63, 3.8) is 0 Å². The number of methoxy groups -OCH3 is 1. The first kappa shape index (κ1) is 15.2. The van der Waals surface area contributed by atoms with Gasteiger partial charge in [0.2, 0.25) is 5.91 Å². The van der Waals surface area contributed by atoms with Gasteiger partial charge in [-0.2, -0.15) is 0 Å². The number of hydrogen-bond acceptors (Lipinski definition) is 3. The van der Waals surface area contributed by atoms with Gasteiger partial charge in [-0.15, -0.1) is 0 Å². The molecule has 1 saturated heterocycles. The van der Waals surface area contributed by atoms with Crippen LogP contribution in [0, 0.1) is 5.92 Å². The van der Waals surface area contributed by atoms with Gasteiger partial charge in [-0.25, -0.2) is 0 Å². The first-order valence-electron chi connectivity index (χ1n) is 7.50. The largest absolute Gasteiger partial charge is 0.497 e. The van der Waals surface area contributed by atoms with Crippen LogP contribution in [0.1, 0.15) is 17.4 Å². The lowest BCUT2D eigenvalue weighted by Crippen LogP contribution is -2.53. The highest BCUT2D eigenvalue weighted by molar-refractivity contribution is 5.88. The third kappa shape index (κ3) is 2.93. The molecule has 0 spiro atoms. The topological polar surface area (TPSA) is 42.7 Å². The predicted molar refractivity (Wildman–Crippen MR) is 87.8 cm³/mol. The summed E-state index contributed by atoms with van der Waals surface area (Å²) in [6.45, 7) is 4.15. The zero-order chi connectivity index (χ0) is 16.2. The van der Waals surface area contributed by atoms with Crippen molar-refractivity contribution in [1.82, 2.24) is 4.90 Å². The van der Waals surface area contributed by atoms with Gasteiger partial charge >= 0.3 is 0 Å². The van der Waals surface area contributed by atoms with Crippen LogP contribution in [0.3, 0.4) is 0 Å². The van der Waals surface area contributed by atoms with Gasteiger partial charge in [0.25, 0.3) is 0 Å². The summed E-state index contributed by atoms with van der Waals surface area (Å²) in [5.74, 6) is 1.51. The van der Waals surface area contributed by atoms with Crippen LogP contribution in [-0.4, -0.2) is 17.9 Å². The minimum absolute atomic E-state index is 0.00490. The van der Waals surface area contributed by atoms with E-state index in [2.05, 4.69) is 6.58 Å². The maximum Gasteiger partial charge on any atom is 0.232 e. The van der Waals surface area contributed by atoms with Crippen molar-refractivity contribution in [2.24, 2.45) is 5.92 Å². The van der Waals surface area contributed by atoms with E-state index < -0.39 is 0 Å². The van der Waals surface area contributed by atoms with E-state index in [0.717, 1.165) is 17.1 Å². The number of likely N-dealkylation sites (tertiary alicyclic amines) is 1. The third-order valence-electron chi connectivity index (χ3n) is 4.06. The quantitative estimate of drug-likeness (QED) is 0.603. The summed E-state index contributed by atoms with van der Waals surface area (Å²) in [6.07, 6.45) is 7.04. The number of carbonyl (C=O) groups is 1. The smallest absolute Gasteiger partial charge is 0.232 e. The molecule has 2 atom stereocenters. The second-order valence-electron chi connectivity index (χ2n) is 5.41. The number of rotatable bonds is 6. The summed E-state index contributed by atoms with van der Waals surface area (Å²) in [5.41, 5.74) is 1.08. The summed E-state index contributed by atoms with van der Waals surface area (Å²) < 4.78 is 10.6. The van der Waals surface area contributed by atoms with Crippen LogP contribution in [0.5, 0.6) is 5.75 Å². The van der Waals surface area contributed by atoms with Gasteiger partial charge in [0, 0.05) is 0 Å². The number of hydrogen-bond donors (Lipinski definition) is 0. The van der Waals surface area contributed by atoms with Gasteiger partial charge in [0.05, 0.1) is 31.9 Å². The summed E-state index contributed by atoms with van der Waals surface area (Å²) in [5, 5.41) is 0. The molecule has 4 heteroatoms. The average Bonchev–Trinajstić information content (AvgIpc) is 3.10. The van der Waals surface area contributed by atoms with Crippen LogP contribution in [0.2, 0.25) is 0 Å². The molecule has 0 unspecified atom stereocenters. The van der Waals surface area contributed by atoms with Crippen molar-refractivity contribution < 1.29 is 13.9 Å². The highest BCUT2D eigenvalue weighted by Gasteiger charge is 2.46. The predicted octanol–water partition coefficient (Wildman–Crippen LogP) is 3.73.